The van der Waals surface area contributed by atoms with Gasteiger partial charge in [-0.25, -0.2) is 0 Å². The number of hydrogen-bond acceptors (Lipinski definition) is 3. The van der Waals surface area contributed by atoms with Crippen molar-refractivity contribution in [3.8, 4) is 0 Å². The Balaban J connectivity index is 1.74. The summed E-state index contributed by atoms with van der Waals surface area (Å²) in [7, 11) is 0. The third-order valence-electron chi connectivity index (χ3n) is 3.51. The van der Waals surface area contributed by atoms with Crippen molar-refractivity contribution in [2.24, 2.45) is 10.9 Å². The van der Waals surface area contributed by atoms with Crippen molar-refractivity contribution in [2.45, 2.75) is 25.3 Å². The Bertz CT molecular complexity index is 492. The van der Waals surface area contributed by atoms with Crippen molar-refractivity contribution in [1.82, 2.24) is 0 Å². The highest BCUT2D eigenvalue weighted by Gasteiger charge is 2.30. The van der Waals surface area contributed by atoms with Gasteiger partial charge in [0, 0.05) is 15.9 Å². The van der Waals surface area contributed by atoms with Crippen molar-refractivity contribution in [3.63, 3.8) is 0 Å². The van der Waals surface area contributed by atoms with E-state index in [0.717, 1.165) is 26.3 Å². The van der Waals surface area contributed by atoms with Crippen LogP contribution in [0, 0.1) is 5.92 Å². The maximum atomic E-state index is 6.09. The predicted octanol–water partition coefficient (Wildman–Crippen LogP) is 4.79. The van der Waals surface area contributed by atoms with Gasteiger partial charge in [-0.15, -0.1) is 0 Å². The van der Waals surface area contributed by atoms with Crippen LogP contribution in [-0.4, -0.2) is 17.0 Å². The Kier molecular flexibility index (Phi) is 3.87. The number of hydrogen-bond donors (Lipinski definition) is 1. The van der Waals surface area contributed by atoms with E-state index in [1.807, 2.05) is 30.0 Å². The maximum absolute atomic E-state index is 6.09. The molecular weight excluding hydrogens is 332 g/mol. The molecule has 0 aromatic heterocycles. The van der Waals surface area contributed by atoms with Gasteiger partial charge in [-0.3, -0.25) is 4.99 Å². The molecule has 5 heteroatoms. The SMILES string of the molecule is Clc1cc(NC2=NC3CCCC3CS2)ccc1Br. The first kappa shape index (κ1) is 12.8. The second-order valence-electron chi connectivity index (χ2n) is 4.76. The van der Waals surface area contributed by atoms with Gasteiger partial charge in [-0.2, -0.15) is 0 Å². The van der Waals surface area contributed by atoms with E-state index in [9.17, 15) is 0 Å². The van der Waals surface area contributed by atoms with Crippen molar-refractivity contribution < 1.29 is 0 Å². The predicted molar refractivity (Wildman–Crippen MR) is 83.8 cm³/mol. The summed E-state index contributed by atoms with van der Waals surface area (Å²) in [6.07, 6.45) is 3.92. The number of anilines is 1. The van der Waals surface area contributed by atoms with E-state index in [-0.39, 0.29) is 0 Å². The summed E-state index contributed by atoms with van der Waals surface area (Å²) in [5.74, 6) is 2.00. The molecule has 1 fully saturated rings. The Morgan fingerprint density at radius 1 is 1.39 bits per heavy atom. The summed E-state index contributed by atoms with van der Waals surface area (Å²) >= 11 is 11.3. The highest BCUT2D eigenvalue weighted by Crippen LogP contribution is 2.36. The van der Waals surface area contributed by atoms with Gasteiger partial charge >= 0.3 is 0 Å². The maximum Gasteiger partial charge on any atom is 0.161 e. The zero-order chi connectivity index (χ0) is 12.5. The lowest BCUT2D eigenvalue weighted by Gasteiger charge is -2.23. The number of thioether (sulfide) groups is 1. The van der Waals surface area contributed by atoms with Crippen LogP contribution in [0.1, 0.15) is 19.3 Å². The smallest absolute Gasteiger partial charge is 0.161 e. The van der Waals surface area contributed by atoms with Crippen molar-refractivity contribution in [2.75, 3.05) is 11.1 Å². The lowest BCUT2D eigenvalue weighted by atomic mass is 10.1. The molecule has 1 N–H and O–H groups in total. The number of aliphatic imine (C=N–C) groups is 1. The van der Waals surface area contributed by atoms with Crippen molar-refractivity contribution in [3.05, 3.63) is 27.7 Å². The van der Waals surface area contributed by atoms with Gasteiger partial charge in [0.2, 0.25) is 0 Å². The second-order valence-corrected chi connectivity index (χ2v) is 7.03. The van der Waals surface area contributed by atoms with Crippen LogP contribution in [0.5, 0.6) is 0 Å². The Morgan fingerprint density at radius 3 is 3.11 bits per heavy atom. The molecule has 0 saturated heterocycles. The minimum atomic E-state index is 0.541. The number of halogens is 2. The van der Waals surface area contributed by atoms with Crippen LogP contribution in [0.2, 0.25) is 5.02 Å². The molecule has 2 nitrogen and oxygen atoms in total. The lowest BCUT2D eigenvalue weighted by molar-refractivity contribution is 0.535. The molecule has 1 aliphatic carbocycles. The number of nitrogens with one attached hydrogen (secondary N) is 1. The quantitative estimate of drug-likeness (QED) is 0.791. The number of nitrogens with zero attached hydrogens (tertiary/aromatic N) is 1. The fourth-order valence-corrected chi connectivity index (χ4v) is 4.11. The average molecular weight is 346 g/mol. The zero-order valence-electron chi connectivity index (χ0n) is 9.83. The summed E-state index contributed by atoms with van der Waals surface area (Å²) in [4.78, 5) is 4.80. The van der Waals surface area contributed by atoms with E-state index in [0.29, 0.717) is 6.04 Å². The van der Waals surface area contributed by atoms with Gasteiger partial charge in [-0.1, -0.05) is 29.8 Å². The lowest BCUT2D eigenvalue weighted by Crippen LogP contribution is -2.25. The molecule has 2 atom stereocenters. The van der Waals surface area contributed by atoms with E-state index in [4.69, 9.17) is 16.6 Å². The summed E-state index contributed by atoms with van der Waals surface area (Å²) in [6, 6.07) is 6.44. The van der Waals surface area contributed by atoms with Crippen LogP contribution < -0.4 is 5.32 Å². The highest BCUT2D eigenvalue weighted by molar-refractivity contribution is 9.10. The van der Waals surface area contributed by atoms with Crippen LogP contribution in [0.3, 0.4) is 0 Å². The van der Waals surface area contributed by atoms with Gasteiger partial charge in [0.1, 0.15) is 0 Å². The molecule has 0 bridgehead atoms. The van der Waals surface area contributed by atoms with E-state index in [1.54, 1.807) is 0 Å². The van der Waals surface area contributed by atoms with Gasteiger partial charge in [0.05, 0.1) is 11.1 Å². The van der Waals surface area contributed by atoms with E-state index >= 15 is 0 Å². The van der Waals surface area contributed by atoms with Crippen molar-refractivity contribution >= 4 is 50.1 Å². The number of benzene rings is 1. The molecule has 0 amide bonds. The zero-order valence-corrected chi connectivity index (χ0v) is 13.0. The van der Waals surface area contributed by atoms with Gasteiger partial charge in [-0.05, 0) is 52.9 Å². The molecule has 1 aromatic rings. The van der Waals surface area contributed by atoms with E-state index in [1.165, 1.54) is 25.0 Å². The summed E-state index contributed by atoms with van der Waals surface area (Å²) in [5, 5.41) is 5.13. The standard InChI is InChI=1S/C13H14BrClN2S/c14-10-5-4-9(6-11(10)15)16-13-17-12-3-1-2-8(12)7-18-13/h4-6,8,12H,1-3,7H2,(H,16,17). The third-order valence-corrected chi connectivity index (χ3v) is 5.82. The van der Waals surface area contributed by atoms with Crippen LogP contribution in [0.15, 0.2) is 27.7 Å². The molecule has 2 unspecified atom stereocenters. The Hall–Kier alpha value is -0.190. The molecule has 96 valence electrons. The highest BCUT2D eigenvalue weighted by atomic mass is 79.9. The monoisotopic (exact) mass is 344 g/mol. The fraction of sp³-hybridized carbons (Fsp3) is 0.462. The molecule has 1 aliphatic heterocycles. The summed E-state index contributed by atoms with van der Waals surface area (Å²) < 4.78 is 0.920. The topological polar surface area (TPSA) is 24.4 Å². The van der Waals surface area contributed by atoms with E-state index in [2.05, 4.69) is 21.2 Å². The number of rotatable bonds is 1. The first-order valence-electron chi connectivity index (χ1n) is 6.15. The van der Waals surface area contributed by atoms with Crippen LogP contribution in [-0.2, 0) is 0 Å². The van der Waals surface area contributed by atoms with Gasteiger partial charge < -0.3 is 5.32 Å². The molecule has 1 saturated carbocycles. The van der Waals surface area contributed by atoms with Crippen molar-refractivity contribution in [1.29, 1.82) is 0 Å². The Labute approximate surface area is 125 Å². The molecule has 3 rings (SSSR count). The largest absolute Gasteiger partial charge is 0.335 e. The molecular formula is C13H14BrClN2S. The molecule has 2 aliphatic rings. The first-order chi connectivity index (χ1) is 8.72. The van der Waals surface area contributed by atoms with Crippen LogP contribution in [0.25, 0.3) is 0 Å². The Morgan fingerprint density at radius 2 is 2.28 bits per heavy atom. The minimum Gasteiger partial charge on any atom is -0.335 e. The summed E-state index contributed by atoms with van der Waals surface area (Å²) in [5.41, 5.74) is 1.01. The third kappa shape index (κ3) is 2.70. The van der Waals surface area contributed by atoms with Gasteiger partial charge in [0.25, 0.3) is 0 Å². The average Bonchev–Trinajstić information content (AvgIpc) is 2.81. The normalized spacial score (nSPS) is 26.7. The fourth-order valence-electron chi connectivity index (χ4n) is 2.52. The van der Waals surface area contributed by atoms with E-state index < -0.39 is 0 Å². The van der Waals surface area contributed by atoms with Gasteiger partial charge in [0.15, 0.2) is 5.17 Å². The second kappa shape index (κ2) is 5.43. The molecule has 0 radical (unpaired) electrons. The molecule has 0 spiro atoms. The number of amidine groups is 1. The number of fused-ring (bicyclic) bond motifs is 1. The van der Waals surface area contributed by atoms with Crippen LogP contribution >= 0.6 is 39.3 Å². The minimum absolute atomic E-state index is 0.541. The molecule has 1 aromatic carbocycles. The summed E-state index contributed by atoms with van der Waals surface area (Å²) in [6.45, 7) is 0. The molecule has 1 heterocycles. The first-order valence-corrected chi connectivity index (χ1v) is 8.31. The molecule has 18 heavy (non-hydrogen) atoms. The van der Waals surface area contributed by atoms with Crippen LogP contribution in [0.4, 0.5) is 5.69 Å².